The van der Waals surface area contributed by atoms with E-state index in [1.165, 1.54) is 22.2 Å². The van der Waals surface area contributed by atoms with Gasteiger partial charge in [0.2, 0.25) is 5.91 Å². The van der Waals surface area contributed by atoms with Crippen LogP contribution in [0.3, 0.4) is 0 Å². The fraction of sp³-hybridized carbons (Fsp3) is 0.579. The van der Waals surface area contributed by atoms with Gasteiger partial charge < -0.3 is 5.32 Å². The summed E-state index contributed by atoms with van der Waals surface area (Å²) in [6.07, 6.45) is 8.65. The van der Waals surface area contributed by atoms with Crippen molar-refractivity contribution in [2.24, 2.45) is 5.92 Å². The normalized spacial score (nSPS) is 21.8. The number of carbonyl (C=O) groups is 2. The maximum absolute atomic E-state index is 12.8. The van der Waals surface area contributed by atoms with Gasteiger partial charge in [0.25, 0.3) is 5.56 Å². The van der Waals surface area contributed by atoms with E-state index in [9.17, 15) is 14.4 Å². The molecule has 3 amide bonds. The van der Waals surface area contributed by atoms with Gasteiger partial charge in [0.15, 0.2) is 0 Å². The number of amides is 3. The van der Waals surface area contributed by atoms with Gasteiger partial charge in [-0.2, -0.15) is 0 Å². The molecule has 2 N–H and O–H groups in total. The molecule has 8 heteroatoms. The Morgan fingerprint density at radius 3 is 2.89 bits per heavy atom. The summed E-state index contributed by atoms with van der Waals surface area (Å²) in [4.78, 5) is 43.5. The Balaban J connectivity index is 1.43. The van der Waals surface area contributed by atoms with Gasteiger partial charge in [0.1, 0.15) is 11.4 Å². The van der Waals surface area contributed by atoms with Crippen molar-refractivity contribution in [1.82, 2.24) is 20.2 Å². The van der Waals surface area contributed by atoms with Gasteiger partial charge >= 0.3 is 6.03 Å². The zero-order chi connectivity index (χ0) is 19.0. The lowest BCUT2D eigenvalue weighted by atomic mass is 9.86. The van der Waals surface area contributed by atoms with Gasteiger partial charge in [-0.05, 0) is 43.6 Å². The molecule has 2 aromatic rings. The Hall–Kier alpha value is -2.22. The molecule has 144 valence electrons. The number of fused-ring (bicyclic) bond motifs is 3. The van der Waals surface area contributed by atoms with E-state index in [1.54, 1.807) is 11.3 Å². The molecule has 0 saturated heterocycles. The molecule has 1 fully saturated rings. The molecular weight excluding hydrogens is 364 g/mol. The Bertz CT molecular complexity index is 948. The van der Waals surface area contributed by atoms with Gasteiger partial charge in [-0.15, -0.1) is 11.3 Å². The first-order valence-corrected chi connectivity index (χ1v) is 10.4. The van der Waals surface area contributed by atoms with Crippen molar-refractivity contribution in [2.75, 3.05) is 0 Å². The van der Waals surface area contributed by atoms with E-state index >= 15 is 0 Å². The SMILES string of the molecule is C[C@@H]1CCCC[C@H]1NC(=O)NC(=O)Cn1cnc2sc3c(c2c1=O)CCC3. The van der Waals surface area contributed by atoms with Crippen LogP contribution in [0.1, 0.15) is 49.5 Å². The highest BCUT2D eigenvalue weighted by Gasteiger charge is 2.24. The molecule has 0 aromatic carbocycles. The van der Waals surface area contributed by atoms with Crippen molar-refractivity contribution in [2.45, 2.75) is 64.5 Å². The monoisotopic (exact) mass is 388 g/mol. The van der Waals surface area contributed by atoms with Crippen LogP contribution >= 0.6 is 11.3 Å². The molecule has 2 aliphatic rings. The minimum Gasteiger partial charge on any atom is -0.335 e. The first-order chi connectivity index (χ1) is 13.0. The molecule has 4 rings (SSSR count). The number of aryl methyl sites for hydroxylation is 2. The summed E-state index contributed by atoms with van der Waals surface area (Å²) in [6, 6.07) is -0.391. The lowest BCUT2D eigenvalue weighted by molar-refractivity contribution is -0.120. The summed E-state index contributed by atoms with van der Waals surface area (Å²) in [5, 5.41) is 5.87. The first-order valence-electron chi connectivity index (χ1n) is 9.63. The molecule has 0 bridgehead atoms. The molecule has 2 aliphatic carbocycles. The predicted molar refractivity (Wildman–Crippen MR) is 104 cm³/mol. The summed E-state index contributed by atoms with van der Waals surface area (Å²) in [5.41, 5.74) is 0.891. The summed E-state index contributed by atoms with van der Waals surface area (Å²) < 4.78 is 1.29. The molecule has 0 radical (unpaired) electrons. The third kappa shape index (κ3) is 3.63. The smallest absolute Gasteiger partial charge is 0.321 e. The van der Waals surface area contributed by atoms with Crippen LogP contribution in [0.5, 0.6) is 0 Å². The van der Waals surface area contributed by atoms with Gasteiger partial charge in [-0.25, -0.2) is 9.78 Å². The number of aromatic nitrogens is 2. The number of urea groups is 1. The Morgan fingerprint density at radius 2 is 2.07 bits per heavy atom. The zero-order valence-corrected chi connectivity index (χ0v) is 16.2. The zero-order valence-electron chi connectivity index (χ0n) is 15.4. The van der Waals surface area contributed by atoms with E-state index in [0.717, 1.165) is 48.9 Å². The maximum atomic E-state index is 12.8. The third-order valence-corrected chi connectivity index (χ3v) is 6.89. The van der Waals surface area contributed by atoms with E-state index in [0.29, 0.717) is 11.3 Å². The first kappa shape index (κ1) is 18.2. The number of rotatable bonds is 3. The number of hydrogen-bond donors (Lipinski definition) is 2. The standard InChI is InChI=1S/C19H24N4O3S/c1-11-5-2-3-7-13(11)21-19(26)22-15(24)9-23-10-20-17-16(18(23)25)12-6-4-8-14(12)27-17/h10-11,13H,2-9H2,1H3,(H2,21,22,24,26)/t11-,13-/m1/s1. The minimum atomic E-state index is -0.508. The van der Waals surface area contributed by atoms with Crippen molar-refractivity contribution in [3.8, 4) is 0 Å². The van der Waals surface area contributed by atoms with Gasteiger partial charge in [-0.3, -0.25) is 19.5 Å². The summed E-state index contributed by atoms with van der Waals surface area (Å²) in [7, 11) is 0. The summed E-state index contributed by atoms with van der Waals surface area (Å²) >= 11 is 1.57. The highest BCUT2D eigenvalue weighted by Crippen LogP contribution is 2.34. The lowest BCUT2D eigenvalue weighted by Gasteiger charge is -2.29. The Labute approximate surface area is 161 Å². The van der Waals surface area contributed by atoms with Crippen molar-refractivity contribution in [3.63, 3.8) is 0 Å². The van der Waals surface area contributed by atoms with Gasteiger partial charge in [-0.1, -0.05) is 19.8 Å². The third-order valence-electron chi connectivity index (χ3n) is 5.69. The van der Waals surface area contributed by atoms with Crippen molar-refractivity contribution in [3.05, 3.63) is 27.1 Å². The molecule has 2 atom stereocenters. The second kappa shape index (κ2) is 7.42. The van der Waals surface area contributed by atoms with E-state index < -0.39 is 11.9 Å². The lowest BCUT2D eigenvalue weighted by Crippen LogP contribution is -2.48. The molecule has 2 heterocycles. The summed E-state index contributed by atoms with van der Waals surface area (Å²) in [5.74, 6) is -0.0967. The van der Waals surface area contributed by atoms with Crippen LogP contribution in [0.15, 0.2) is 11.1 Å². The van der Waals surface area contributed by atoms with Crippen LogP contribution in [0.25, 0.3) is 10.2 Å². The number of nitrogens with zero attached hydrogens (tertiary/aromatic N) is 2. The highest BCUT2D eigenvalue weighted by molar-refractivity contribution is 7.18. The highest BCUT2D eigenvalue weighted by atomic mass is 32.1. The number of imide groups is 1. The van der Waals surface area contributed by atoms with Crippen molar-refractivity contribution < 1.29 is 9.59 Å². The summed E-state index contributed by atoms with van der Waals surface area (Å²) in [6.45, 7) is 1.91. The van der Waals surface area contributed by atoms with Crippen LogP contribution in [0.2, 0.25) is 0 Å². The van der Waals surface area contributed by atoms with Crippen LogP contribution in [0.4, 0.5) is 4.79 Å². The largest absolute Gasteiger partial charge is 0.335 e. The average Bonchev–Trinajstić information content (AvgIpc) is 3.20. The van der Waals surface area contributed by atoms with Crippen molar-refractivity contribution in [1.29, 1.82) is 0 Å². The molecule has 2 aromatic heterocycles. The van der Waals surface area contributed by atoms with Gasteiger partial charge in [0.05, 0.1) is 11.7 Å². The minimum absolute atomic E-state index is 0.0979. The van der Waals surface area contributed by atoms with Crippen LogP contribution in [0, 0.1) is 5.92 Å². The quantitative estimate of drug-likeness (QED) is 0.844. The van der Waals surface area contributed by atoms with Crippen molar-refractivity contribution >= 4 is 33.5 Å². The number of thiophene rings is 1. The Kier molecular flexibility index (Phi) is 4.99. The van der Waals surface area contributed by atoms with E-state index in [2.05, 4.69) is 22.5 Å². The number of nitrogens with one attached hydrogen (secondary N) is 2. The topological polar surface area (TPSA) is 93.1 Å². The molecule has 7 nitrogen and oxygen atoms in total. The van der Waals surface area contributed by atoms with E-state index in [-0.39, 0.29) is 18.1 Å². The Morgan fingerprint density at radius 1 is 1.26 bits per heavy atom. The van der Waals surface area contributed by atoms with E-state index in [4.69, 9.17) is 0 Å². The molecule has 27 heavy (non-hydrogen) atoms. The van der Waals surface area contributed by atoms with Gasteiger partial charge in [0, 0.05) is 10.9 Å². The number of carbonyl (C=O) groups excluding carboxylic acids is 2. The predicted octanol–water partition coefficient (Wildman–Crippen LogP) is 2.35. The molecule has 0 aliphatic heterocycles. The maximum Gasteiger partial charge on any atom is 0.321 e. The molecule has 1 saturated carbocycles. The molecule has 0 unspecified atom stereocenters. The second-order valence-electron chi connectivity index (χ2n) is 7.60. The molecule has 0 spiro atoms. The fourth-order valence-electron chi connectivity index (χ4n) is 4.19. The second-order valence-corrected chi connectivity index (χ2v) is 8.69. The van der Waals surface area contributed by atoms with Crippen LogP contribution < -0.4 is 16.2 Å². The number of hydrogen-bond acceptors (Lipinski definition) is 5. The van der Waals surface area contributed by atoms with Crippen LogP contribution in [-0.2, 0) is 24.2 Å². The average molecular weight is 388 g/mol. The molecular formula is C19H24N4O3S. The van der Waals surface area contributed by atoms with Crippen LogP contribution in [-0.4, -0.2) is 27.5 Å². The fourth-order valence-corrected chi connectivity index (χ4v) is 5.41. The van der Waals surface area contributed by atoms with E-state index in [1.807, 2.05) is 0 Å².